The predicted molar refractivity (Wildman–Crippen MR) is 73.2 cm³/mol. The Kier molecular flexibility index (Phi) is 3.64. The molecule has 0 N–H and O–H groups in total. The van der Waals surface area contributed by atoms with Crippen LogP contribution in [-0.2, 0) is 0 Å². The maximum atomic E-state index is 12.4. The highest BCUT2D eigenvalue weighted by Gasteiger charge is 2.17. The quantitative estimate of drug-likeness (QED) is 0.799. The zero-order valence-electron chi connectivity index (χ0n) is 9.49. The largest absolute Gasteiger partial charge is 0.496 e. The Morgan fingerprint density at radius 2 is 2.12 bits per heavy atom. The van der Waals surface area contributed by atoms with Gasteiger partial charge in [-0.2, -0.15) is 0 Å². The molecule has 0 aliphatic carbocycles. The molecule has 2 aromatic rings. The van der Waals surface area contributed by atoms with E-state index in [9.17, 15) is 4.79 Å². The van der Waals surface area contributed by atoms with E-state index in [1.165, 1.54) is 11.3 Å². The highest BCUT2D eigenvalue weighted by atomic mass is 79.9. The Morgan fingerprint density at radius 3 is 2.71 bits per heavy atom. The lowest BCUT2D eigenvalue weighted by Gasteiger charge is -2.07. The molecule has 0 aliphatic heterocycles. The summed E-state index contributed by atoms with van der Waals surface area (Å²) in [5.74, 6) is 0.613. The van der Waals surface area contributed by atoms with Crippen LogP contribution < -0.4 is 4.74 Å². The summed E-state index contributed by atoms with van der Waals surface area (Å²) in [6.45, 7) is 1.94. The topological polar surface area (TPSA) is 26.3 Å². The summed E-state index contributed by atoms with van der Waals surface area (Å²) in [6, 6.07) is 7.39. The minimum atomic E-state index is 0.00986. The summed E-state index contributed by atoms with van der Waals surface area (Å²) in [5.41, 5.74) is 1.59. The molecule has 4 heteroatoms. The zero-order chi connectivity index (χ0) is 12.4. The lowest BCUT2D eigenvalue weighted by atomic mass is 10.1. The Labute approximate surface area is 112 Å². The van der Waals surface area contributed by atoms with E-state index in [4.69, 9.17) is 4.74 Å². The third-order valence-electron chi connectivity index (χ3n) is 2.47. The fourth-order valence-corrected chi connectivity index (χ4v) is 2.83. The summed E-state index contributed by atoms with van der Waals surface area (Å²) < 4.78 is 6.09. The fourth-order valence-electron chi connectivity index (χ4n) is 1.59. The maximum absolute atomic E-state index is 12.4. The van der Waals surface area contributed by atoms with E-state index in [2.05, 4.69) is 15.9 Å². The van der Waals surface area contributed by atoms with E-state index in [1.807, 2.05) is 24.4 Å². The number of halogens is 1. The minimum absolute atomic E-state index is 0.00986. The van der Waals surface area contributed by atoms with Gasteiger partial charge in [0.15, 0.2) is 0 Å². The van der Waals surface area contributed by atoms with Crippen LogP contribution in [0.1, 0.15) is 20.8 Å². The summed E-state index contributed by atoms with van der Waals surface area (Å²) in [5, 5.41) is 1.92. The van der Waals surface area contributed by atoms with Crippen LogP contribution >= 0.6 is 27.3 Å². The number of aryl methyl sites for hydroxylation is 1. The van der Waals surface area contributed by atoms with Gasteiger partial charge in [-0.15, -0.1) is 11.3 Å². The van der Waals surface area contributed by atoms with Gasteiger partial charge in [0, 0.05) is 4.47 Å². The van der Waals surface area contributed by atoms with Crippen molar-refractivity contribution in [2.24, 2.45) is 0 Å². The van der Waals surface area contributed by atoms with Crippen molar-refractivity contribution in [2.45, 2.75) is 6.92 Å². The summed E-state index contributed by atoms with van der Waals surface area (Å²) >= 11 is 4.83. The van der Waals surface area contributed by atoms with Gasteiger partial charge in [-0.3, -0.25) is 4.79 Å². The van der Waals surface area contributed by atoms with E-state index < -0.39 is 0 Å². The number of ether oxygens (including phenoxy) is 1. The molecule has 88 valence electrons. The molecule has 0 amide bonds. The number of ketones is 1. The molecule has 1 heterocycles. The molecule has 0 bridgehead atoms. The van der Waals surface area contributed by atoms with Crippen LogP contribution in [0.15, 0.2) is 34.1 Å². The predicted octanol–water partition coefficient (Wildman–Crippen LogP) is 4.06. The van der Waals surface area contributed by atoms with Crippen molar-refractivity contribution in [3.05, 3.63) is 50.1 Å². The molecule has 1 aromatic carbocycles. The number of thiophene rings is 1. The smallest absolute Gasteiger partial charge is 0.206 e. The Bertz CT molecular complexity index is 560. The van der Waals surface area contributed by atoms with Crippen LogP contribution in [0.25, 0.3) is 0 Å². The Hall–Kier alpha value is -1.13. The first-order chi connectivity index (χ1) is 8.13. The first kappa shape index (κ1) is 12.3. The monoisotopic (exact) mass is 310 g/mol. The van der Waals surface area contributed by atoms with Gasteiger partial charge in [0.1, 0.15) is 5.75 Å². The van der Waals surface area contributed by atoms with Gasteiger partial charge in [0.25, 0.3) is 0 Å². The molecule has 0 saturated heterocycles. The minimum Gasteiger partial charge on any atom is -0.496 e. The first-order valence-corrected chi connectivity index (χ1v) is 6.73. The van der Waals surface area contributed by atoms with E-state index in [1.54, 1.807) is 19.2 Å². The Balaban J connectivity index is 2.50. The van der Waals surface area contributed by atoms with Gasteiger partial charge in [-0.05, 0) is 42.1 Å². The van der Waals surface area contributed by atoms with Crippen molar-refractivity contribution in [1.82, 2.24) is 0 Å². The van der Waals surface area contributed by atoms with Crippen molar-refractivity contribution in [3.63, 3.8) is 0 Å². The first-order valence-electron chi connectivity index (χ1n) is 5.06. The van der Waals surface area contributed by atoms with Gasteiger partial charge in [0.2, 0.25) is 5.78 Å². The number of rotatable bonds is 3. The van der Waals surface area contributed by atoms with Crippen LogP contribution in [0.2, 0.25) is 0 Å². The molecule has 0 spiro atoms. The van der Waals surface area contributed by atoms with E-state index in [0.717, 1.165) is 14.9 Å². The molecule has 0 radical (unpaired) electrons. The van der Waals surface area contributed by atoms with E-state index >= 15 is 0 Å². The summed E-state index contributed by atoms with van der Waals surface area (Å²) in [6.07, 6.45) is 0. The normalized spacial score (nSPS) is 10.3. The second kappa shape index (κ2) is 5.02. The number of hydrogen-bond donors (Lipinski definition) is 0. The maximum Gasteiger partial charge on any atom is 0.206 e. The van der Waals surface area contributed by atoms with Crippen molar-refractivity contribution in [1.29, 1.82) is 0 Å². The molecule has 2 rings (SSSR count). The standard InChI is InChI=1S/C13H11BrO2S/c1-8-5-6-17-13(8)12(15)10-7-9(14)3-4-11(10)16-2/h3-7H,1-2H3. The van der Waals surface area contributed by atoms with Crippen LogP contribution in [-0.4, -0.2) is 12.9 Å². The van der Waals surface area contributed by atoms with Crippen molar-refractivity contribution in [3.8, 4) is 5.75 Å². The van der Waals surface area contributed by atoms with Crippen molar-refractivity contribution < 1.29 is 9.53 Å². The fraction of sp³-hybridized carbons (Fsp3) is 0.154. The van der Waals surface area contributed by atoms with Crippen LogP contribution in [0.4, 0.5) is 0 Å². The van der Waals surface area contributed by atoms with Crippen LogP contribution in [0.3, 0.4) is 0 Å². The average Bonchev–Trinajstić information content (AvgIpc) is 2.74. The number of methoxy groups -OCH3 is 1. The highest BCUT2D eigenvalue weighted by molar-refractivity contribution is 9.10. The van der Waals surface area contributed by atoms with Gasteiger partial charge in [0.05, 0.1) is 17.6 Å². The lowest BCUT2D eigenvalue weighted by Crippen LogP contribution is -2.03. The SMILES string of the molecule is COc1ccc(Br)cc1C(=O)c1sccc1C. The number of carbonyl (C=O) groups excluding carboxylic acids is 1. The molecule has 17 heavy (non-hydrogen) atoms. The molecule has 0 atom stereocenters. The summed E-state index contributed by atoms with van der Waals surface area (Å²) in [7, 11) is 1.57. The van der Waals surface area contributed by atoms with Gasteiger partial charge < -0.3 is 4.74 Å². The molecule has 1 aromatic heterocycles. The molecular weight excluding hydrogens is 300 g/mol. The number of benzene rings is 1. The molecule has 0 saturated carbocycles. The molecule has 0 unspecified atom stereocenters. The zero-order valence-corrected chi connectivity index (χ0v) is 11.9. The third-order valence-corrected chi connectivity index (χ3v) is 3.98. The summed E-state index contributed by atoms with van der Waals surface area (Å²) in [4.78, 5) is 13.1. The van der Waals surface area contributed by atoms with Gasteiger partial charge >= 0.3 is 0 Å². The second-order valence-electron chi connectivity index (χ2n) is 3.61. The van der Waals surface area contributed by atoms with Gasteiger partial charge in [-0.25, -0.2) is 0 Å². The number of hydrogen-bond acceptors (Lipinski definition) is 3. The molecule has 2 nitrogen and oxygen atoms in total. The molecular formula is C13H11BrO2S. The van der Waals surface area contributed by atoms with Crippen LogP contribution in [0.5, 0.6) is 5.75 Å². The van der Waals surface area contributed by atoms with Crippen molar-refractivity contribution >= 4 is 33.0 Å². The van der Waals surface area contributed by atoms with Crippen molar-refractivity contribution in [2.75, 3.05) is 7.11 Å². The average molecular weight is 311 g/mol. The second-order valence-corrected chi connectivity index (χ2v) is 5.44. The lowest BCUT2D eigenvalue weighted by molar-refractivity contribution is 0.103. The van der Waals surface area contributed by atoms with Gasteiger partial charge in [-0.1, -0.05) is 15.9 Å². The highest BCUT2D eigenvalue weighted by Crippen LogP contribution is 2.28. The molecule has 0 fully saturated rings. The third kappa shape index (κ3) is 2.42. The Morgan fingerprint density at radius 1 is 1.35 bits per heavy atom. The van der Waals surface area contributed by atoms with Crippen LogP contribution in [0, 0.1) is 6.92 Å². The molecule has 0 aliphatic rings. The van der Waals surface area contributed by atoms with E-state index in [0.29, 0.717) is 11.3 Å². The van der Waals surface area contributed by atoms with E-state index in [-0.39, 0.29) is 5.78 Å². The number of carbonyl (C=O) groups is 1.